The fourth-order valence-electron chi connectivity index (χ4n) is 1.47. The third-order valence-corrected chi connectivity index (χ3v) is 6.07. The molecule has 0 fully saturated rings. The highest BCUT2D eigenvalue weighted by Crippen LogP contribution is 2.42. The second-order valence-electron chi connectivity index (χ2n) is 3.34. The molecule has 0 unspecified atom stereocenters. The first-order valence-electron chi connectivity index (χ1n) is 4.59. The zero-order valence-corrected chi connectivity index (χ0v) is 16.2. The summed E-state index contributed by atoms with van der Waals surface area (Å²) in [5.41, 5.74) is 2.26. The van der Waals surface area contributed by atoms with Crippen molar-refractivity contribution in [2.75, 3.05) is 0 Å². The van der Waals surface area contributed by atoms with Crippen molar-refractivity contribution < 1.29 is 0 Å². The van der Waals surface area contributed by atoms with Crippen molar-refractivity contribution in [3.05, 3.63) is 52.7 Å². The van der Waals surface area contributed by atoms with Gasteiger partial charge in [0.25, 0.3) is 0 Å². The predicted molar refractivity (Wildman–Crippen MR) is 90.4 cm³/mol. The highest BCUT2D eigenvalue weighted by molar-refractivity contribution is 9.13. The quantitative estimate of drug-likeness (QED) is 0.332. The highest BCUT2D eigenvalue weighted by atomic mass is 79.9. The second kappa shape index (κ2) is 5.87. The van der Waals surface area contributed by atoms with Crippen LogP contribution in [0.25, 0.3) is 11.1 Å². The minimum Gasteiger partial charge on any atom is -0.0520 e. The Morgan fingerprint density at radius 1 is 0.647 bits per heavy atom. The Labute approximate surface area is 142 Å². The summed E-state index contributed by atoms with van der Waals surface area (Å²) in [6, 6.07) is 10.2. The summed E-state index contributed by atoms with van der Waals surface area (Å²) in [6.45, 7) is 0. The van der Waals surface area contributed by atoms with Crippen LogP contribution in [0.3, 0.4) is 0 Å². The maximum absolute atomic E-state index is 3.61. The molecule has 2 aromatic rings. The molecule has 17 heavy (non-hydrogen) atoms. The normalized spacial score (nSPS) is 10.6. The smallest absolute Gasteiger partial charge is 0.0407 e. The van der Waals surface area contributed by atoms with Crippen LogP contribution in [0.2, 0.25) is 0 Å². The fourth-order valence-corrected chi connectivity index (χ4v) is 4.41. The minimum absolute atomic E-state index is 1.03. The lowest BCUT2D eigenvalue weighted by Gasteiger charge is -2.11. The van der Waals surface area contributed by atoms with Gasteiger partial charge in [-0.15, -0.1) is 0 Å². The molecule has 2 rings (SSSR count). The van der Waals surface area contributed by atoms with Gasteiger partial charge >= 0.3 is 0 Å². The molecule has 2 aromatic carbocycles. The average Bonchev–Trinajstić information content (AvgIpc) is 2.27. The van der Waals surface area contributed by atoms with Gasteiger partial charge in [0.05, 0.1) is 0 Å². The monoisotopic (exact) mass is 544 g/mol. The van der Waals surface area contributed by atoms with Gasteiger partial charge in [0.1, 0.15) is 0 Å². The van der Waals surface area contributed by atoms with Crippen LogP contribution in [0.4, 0.5) is 0 Å². The molecule has 0 amide bonds. The lowest BCUT2D eigenvalue weighted by molar-refractivity contribution is 1.49. The van der Waals surface area contributed by atoms with E-state index in [9.17, 15) is 0 Å². The van der Waals surface area contributed by atoms with E-state index in [1.54, 1.807) is 0 Å². The summed E-state index contributed by atoms with van der Waals surface area (Å²) in [5, 5.41) is 0. The van der Waals surface area contributed by atoms with E-state index in [0.717, 1.165) is 33.5 Å². The largest absolute Gasteiger partial charge is 0.0520 e. The Kier molecular flexibility index (Phi) is 4.92. The predicted octanol–water partition coefficient (Wildman–Crippen LogP) is 7.17. The molecule has 0 aliphatic carbocycles. The van der Waals surface area contributed by atoms with Gasteiger partial charge in [-0.1, -0.05) is 53.9 Å². The van der Waals surface area contributed by atoms with E-state index in [1.807, 2.05) is 24.3 Å². The van der Waals surface area contributed by atoms with Crippen molar-refractivity contribution in [1.82, 2.24) is 0 Å². The zero-order chi connectivity index (χ0) is 12.6. The molecule has 0 saturated heterocycles. The van der Waals surface area contributed by atoms with Crippen LogP contribution in [-0.2, 0) is 0 Å². The van der Waals surface area contributed by atoms with E-state index in [2.05, 4.69) is 85.7 Å². The van der Waals surface area contributed by atoms with Gasteiger partial charge in [-0.25, -0.2) is 0 Å². The second-order valence-corrected chi connectivity index (χ2v) is 7.61. The van der Waals surface area contributed by atoms with Crippen molar-refractivity contribution in [1.29, 1.82) is 0 Å². The number of rotatable bonds is 1. The van der Waals surface area contributed by atoms with E-state index < -0.39 is 0 Å². The number of hydrogen-bond acceptors (Lipinski definition) is 0. The van der Waals surface area contributed by atoms with Crippen molar-refractivity contribution in [3.8, 4) is 11.1 Å². The fraction of sp³-hybridized carbons (Fsp3) is 0. The van der Waals surface area contributed by atoms with Crippen LogP contribution >= 0.6 is 79.6 Å². The number of benzene rings is 2. The average molecular weight is 549 g/mol. The van der Waals surface area contributed by atoms with Crippen LogP contribution < -0.4 is 0 Å². The summed E-state index contributed by atoms with van der Waals surface area (Å²) in [5.74, 6) is 0. The van der Waals surface area contributed by atoms with Gasteiger partial charge in [0, 0.05) is 27.9 Å². The van der Waals surface area contributed by atoms with Crippen molar-refractivity contribution in [2.45, 2.75) is 0 Å². The Bertz CT molecular complexity index is 577. The van der Waals surface area contributed by atoms with Crippen LogP contribution in [-0.4, -0.2) is 0 Å². The van der Waals surface area contributed by atoms with Crippen molar-refractivity contribution >= 4 is 79.6 Å². The summed E-state index contributed by atoms with van der Waals surface area (Å²) < 4.78 is 5.22. The molecule has 0 saturated carbocycles. The Balaban J connectivity index is 2.72. The lowest BCUT2D eigenvalue weighted by Crippen LogP contribution is -1.85. The summed E-state index contributed by atoms with van der Waals surface area (Å²) >= 11 is 17.8. The molecule has 0 spiro atoms. The maximum Gasteiger partial charge on any atom is 0.0407 e. The minimum atomic E-state index is 1.03. The topological polar surface area (TPSA) is 0 Å². The van der Waals surface area contributed by atoms with Crippen LogP contribution in [0.15, 0.2) is 52.7 Å². The Morgan fingerprint density at radius 3 is 1.94 bits per heavy atom. The van der Waals surface area contributed by atoms with Crippen LogP contribution in [0, 0.1) is 0 Å². The van der Waals surface area contributed by atoms with E-state index in [-0.39, 0.29) is 0 Å². The molecule has 0 atom stereocenters. The first kappa shape index (κ1) is 14.3. The first-order valence-corrected chi connectivity index (χ1v) is 8.56. The van der Waals surface area contributed by atoms with E-state index in [4.69, 9.17) is 0 Å². The van der Waals surface area contributed by atoms with E-state index in [1.165, 1.54) is 0 Å². The van der Waals surface area contributed by atoms with Gasteiger partial charge in [-0.2, -0.15) is 0 Å². The van der Waals surface area contributed by atoms with Gasteiger partial charge < -0.3 is 0 Å². The van der Waals surface area contributed by atoms with Crippen molar-refractivity contribution in [2.24, 2.45) is 0 Å². The van der Waals surface area contributed by atoms with Gasteiger partial charge in [0.15, 0.2) is 0 Å². The third-order valence-electron chi connectivity index (χ3n) is 2.24. The molecule has 0 nitrogen and oxygen atoms in total. The summed E-state index contributed by atoms with van der Waals surface area (Å²) in [7, 11) is 0. The van der Waals surface area contributed by atoms with E-state index >= 15 is 0 Å². The van der Waals surface area contributed by atoms with Crippen molar-refractivity contribution in [3.63, 3.8) is 0 Å². The van der Waals surface area contributed by atoms with Crippen LogP contribution in [0.1, 0.15) is 0 Å². The van der Waals surface area contributed by atoms with Crippen LogP contribution in [0.5, 0.6) is 0 Å². The van der Waals surface area contributed by atoms with Gasteiger partial charge in [0.2, 0.25) is 0 Å². The standard InChI is InChI=1S/C12H5Br5/c13-6-1-2-7(10(16)5-6)11-8(14)3-4-9(15)12(11)17/h1-5H. The number of hydrogen-bond donors (Lipinski definition) is 0. The molecule has 0 aromatic heterocycles. The highest BCUT2D eigenvalue weighted by Gasteiger charge is 2.13. The lowest BCUT2D eigenvalue weighted by atomic mass is 10.1. The van der Waals surface area contributed by atoms with Gasteiger partial charge in [-0.05, 0) is 61.7 Å². The zero-order valence-electron chi connectivity index (χ0n) is 8.28. The molecule has 0 heterocycles. The summed E-state index contributed by atoms with van der Waals surface area (Å²) in [4.78, 5) is 0. The SMILES string of the molecule is Brc1ccc(-c2c(Br)ccc(Br)c2Br)c(Br)c1. The van der Waals surface area contributed by atoms with E-state index in [0.29, 0.717) is 0 Å². The molecule has 5 heteroatoms. The first-order chi connectivity index (χ1) is 8.00. The molecule has 88 valence electrons. The molecule has 0 radical (unpaired) electrons. The molecule has 0 N–H and O–H groups in total. The molecule has 0 aliphatic rings. The maximum atomic E-state index is 3.61. The Morgan fingerprint density at radius 2 is 1.29 bits per heavy atom. The third kappa shape index (κ3) is 3.06. The molecule has 0 bridgehead atoms. The Hall–Kier alpha value is 0.840. The summed E-state index contributed by atoms with van der Waals surface area (Å²) in [6.07, 6.45) is 0. The molecular formula is C12H5Br5. The number of halogens is 5. The molecule has 0 aliphatic heterocycles. The van der Waals surface area contributed by atoms with Gasteiger partial charge in [-0.3, -0.25) is 0 Å². The molecular weight excluding hydrogens is 544 g/mol.